The highest BCUT2D eigenvalue weighted by Crippen LogP contribution is 2.70. The minimum Gasteiger partial charge on any atom is -0.345 e. The molecule has 0 aromatic rings. The van der Waals surface area contributed by atoms with Gasteiger partial charge in [-0.25, -0.2) is 0 Å². The molecule has 1 heterocycles. The summed E-state index contributed by atoms with van der Waals surface area (Å²) in [5.74, 6) is 0. The van der Waals surface area contributed by atoms with Crippen molar-refractivity contribution in [3.05, 3.63) is 0 Å². The second kappa shape index (κ2) is 1.07. The van der Waals surface area contributed by atoms with Crippen molar-refractivity contribution < 1.29 is 5.32 Å². The van der Waals surface area contributed by atoms with Gasteiger partial charge in [-0.15, -0.1) is 0 Å². The van der Waals surface area contributed by atoms with Crippen LogP contribution in [0.25, 0.3) is 0 Å². The highest BCUT2D eigenvalue weighted by atomic mass is 15.0. The van der Waals surface area contributed by atoms with E-state index >= 15 is 0 Å². The summed E-state index contributed by atoms with van der Waals surface area (Å²) < 4.78 is 0. The van der Waals surface area contributed by atoms with Crippen LogP contribution in [0, 0.1) is 10.8 Å². The minimum absolute atomic E-state index is 0.896. The maximum absolute atomic E-state index is 2.54. The Hall–Kier alpha value is -0.0400. The SMILES string of the molecule is C1CC12C[NH2+]CC21CC1. The fourth-order valence-electron chi connectivity index (χ4n) is 2.83. The van der Waals surface area contributed by atoms with E-state index in [-0.39, 0.29) is 0 Å². The molecule has 1 aliphatic heterocycles. The van der Waals surface area contributed by atoms with Gasteiger partial charge in [-0.1, -0.05) is 0 Å². The Labute approximate surface area is 55.8 Å². The monoisotopic (exact) mass is 124 g/mol. The molecule has 1 saturated heterocycles. The van der Waals surface area contributed by atoms with Gasteiger partial charge < -0.3 is 5.32 Å². The van der Waals surface area contributed by atoms with E-state index in [1.165, 1.54) is 13.1 Å². The Bertz CT molecular complexity index is 136. The van der Waals surface area contributed by atoms with Crippen molar-refractivity contribution in [2.24, 2.45) is 10.8 Å². The molecule has 1 nitrogen and oxygen atoms in total. The normalized spacial score (nSPS) is 40.0. The maximum Gasteiger partial charge on any atom is 0.0820 e. The Morgan fingerprint density at radius 1 is 0.778 bits per heavy atom. The maximum atomic E-state index is 2.54. The van der Waals surface area contributed by atoms with Crippen molar-refractivity contribution in [1.82, 2.24) is 0 Å². The quantitative estimate of drug-likeness (QED) is 0.472. The third-order valence-corrected chi connectivity index (χ3v) is 3.90. The van der Waals surface area contributed by atoms with Crippen LogP contribution in [0.2, 0.25) is 0 Å². The number of fused-ring (bicyclic) bond motifs is 1. The molecule has 0 unspecified atom stereocenters. The molecular weight excluding hydrogens is 110 g/mol. The van der Waals surface area contributed by atoms with Gasteiger partial charge in [-0.2, -0.15) is 0 Å². The molecule has 2 N–H and O–H groups in total. The third-order valence-electron chi connectivity index (χ3n) is 3.90. The van der Waals surface area contributed by atoms with Crippen molar-refractivity contribution in [2.45, 2.75) is 25.7 Å². The largest absolute Gasteiger partial charge is 0.345 e. The predicted octanol–water partition coefficient (Wildman–Crippen LogP) is 0.124. The molecule has 3 fully saturated rings. The summed E-state index contributed by atoms with van der Waals surface area (Å²) in [6.07, 6.45) is 6.24. The van der Waals surface area contributed by atoms with Crippen molar-refractivity contribution in [1.29, 1.82) is 0 Å². The van der Waals surface area contributed by atoms with Crippen LogP contribution in [0.15, 0.2) is 0 Å². The molecule has 0 aromatic heterocycles. The van der Waals surface area contributed by atoms with E-state index in [0.29, 0.717) is 0 Å². The summed E-state index contributed by atoms with van der Waals surface area (Å²) in [5, 5.41) is 2.54. The van der Waals surface area contributed by atoms with Crippen LogP contribution in [-0.4, -0.2) is 13.1 Å². The molecule has 3 aliphatic rings. The van der Waals surface area contributed by atoms with Gasteiger partial charge in [0.15, 0.2) is 0 Å². The van der Waals surface area contributed by atoms with E-state index in [1.807, 2.05) is 0 Å². The Kier molecular flexibility index (Phi) is 0.563. The van der Waals surface area contributed by atoms with E-state index in [2.05, 4.69) is 5.32 Å². The fraction of sp³-hybridized carbons (Fsp3) is 1.00. The second-order valence-electron chi connectivity index (χ2n) is 4.26. The van der Waals surface area contributed by atoms with Gasteiger partial charge in [0.2, 0.25) is 0 Å². The Morgan fingerprint density at radius 2 is 1.22 bits per heavy atom. The first-order chi connectivity index (χ1) is 4.37. The summed E-state index contributed by atoms with van der Waals surface area (Å²) in [6.45, 7) is 2.93. The zero-order chi connectivity index (χ0) is 5.95. The van der Waals surface area contributed by atoms with Crippen molar-refractivity contribution in [2.75, 3.05) is 13.1 Å². The van der Waals surface area contributed by atoms with Crippen LogP contribution in [0.3, 0.4) is 0 Å². The van der Waals surface area contributed by atoms with Crippen LogP contribution in [0.4, 0.5) is 0 Å². The molecule has 3 rings (SSSR count). The minimum atomic E-state index is 0.896. The summed E-state index contributed by atoms with van der Waals surface area (Å²) in [5.41, 5.74) is 1.79. The lowest BCUT2D eigenvalue weighted by molar-refractivity contribution is -0.641. The van der Waals surface area contributed by atoms with E-state index < -0.39 is 0 Å². The Balaban J connectivity index is 2.00. The molecule has 1 heteroatoms. The first-order valence-corrected chi connectivity index (χ1v) is 4.19. The van der Waals surface area contributed by atoms with E-state index in [4.69, 9.17) is 0 Å². The fourth-order valence-corrected chi connectivity index (χ4v) is 2.83. The van der Waals surface area contributed by atoms with Crippen LogP contribution < -0.4 is 5.32 Å². The average Bonchev–Trinajstić information content (AvgIpc) is 2.51. The third kappa shape index (κ3) is 0.389. The summed E-state index contributed by atoms with van der Waals surface area (Å²) in [6, 6.07) is 0. The molecule has 2 aliphatic carbocycles. The number of hydrogen-bond acceptors (Lipinski definition) is 0. The molecule has 9 heavy (non-hydrogen) atoms. The van der Waals surface area contributed by atoms with E-state index in [9.17, 15) is 0 Å². The molecule has 2 spiro atoms. The summed E-state index contributed by atoms with van der Waals surface area (Å²) in [7, 11) is 0. The number of nitrogens with two attached hydrogens (primary N) is 1. The smallest absolute Gasteiger partial charge is 0.0820 e. The molecule has 0 amide bonds. The van der Waals surface area contributed by atoms with E-state index in [0.717, 1.165) is 10.8 Å². The number of rotatable bonds is 0. The van der Waals surface area contributed by atoms with Crippen LogP contribution in [-0.2, 0) is 0 Å². The second-order valence-corrected chi connectivity index (χ2v) is 4.26. The molecule has 0 aromatic carbocycles. The van der Waals surface area contributed by atoms with Gasteiger partial charge in [0.25, 0.3) is 0 Å². The highest BCUT2D eigenvalue weighted by molar-refractivity contribution is 5.15. The standard InChI is InChI=1S/C8H13N/c1-2-7(1)5-9-6-8(7)3-4-8/h9H,1-6H2/p+1. The highest BCUT2D eigenvalue weighted by Gasteiger charge is 2.70. The van der Waals surface area contributed by atoms with Gasteiger partial charge >= 0.3 is 0 Å². The molecule has 0 atom stereocenters. The number of hydrogen-bond donors (Lipinski definition) is 1. The lowest BCUT2D eigenvalue weighted by Crippen LogP contribution is -2.82. The lowest BCUT2D eigenvalue weighted by atomic mass is 9.90. The first-order valence-electron chi connectivity index (χ1n) is 4.19. The van der Waals surface area contributed by atoms with Crippen LogP contribution in [0.1, 0.15) is 25.7 Å². The van der Waals surface area contributed by atoms with Crippen LogP contribution in [0.5, 0.6) is 0 Å². The van der Waals surface area contributed by atoms with Crippen molar-refractivity contribution >= 4 is 0 Å². The molecule has 50 valence electrons. The van der Waals surface area contributed by atoms with Gasteiger partial charge in [0.1, 0.15) is 0 Å². The zero-order valence-electron chi connectivity index (χ0n) is 5.82. The van der Waals surface area contributed by atoms with Gasteiger partial charge in [0, 0.05) is 10.8 Å². The van der Waals surface area contributed by atoms with Gasteiger partial charge in [0.05, 0.1) is 13.1 Å². The molecule has 0 bridgehead atoms. The van der Waals surface area contributed by atoms with Gasteiger partial charge in [-0.3, -0.25) is 0 Å². The lowest BCUT2D eigenvalue weighted by Gasteiger charge is -2.09. The first kappa shape index (κ1) is 4.73. The summed E-state index contributed by atoms with van der Waals surface area (Å²) >= 11 is 0. The van der Waals surface area contributed by atoms with Crippen molar-refractivity contribution in [3.8, 4) is 0 Å². The molecular formula is C8H14N+. The Morgan fingerprint density at radius 3 is 1.56 bits per heavy atom. The molecule has 2 saturated carbocycles. The molecule has 0 radical (unpaired) electrons. The van der Waals surface area contributed by atoms with Crippen molar-refractivity contribution in [3.63, 3.8) is 0 Å². The summed E-state index contributed by atoms with van der Waals surface area (Å²) in [4.78, 5) is 0. The van der Waals surface area contributed by atoms with Gasteiger partial charge in [-0.05, 0) is 25.7 Å². The van der Waals surface area contributed by atoms with E-state index in [1.54, 1.807) is 25.7 Å². The van der Waals surface area contributed by atoms with Crippen LogP contribution >= 0.6 is 0 Å². The number of quaternary nitrogens is 1. The topological polar surface area (TPSA) is 16.6 Å². The zero-order valence-corrected chi connectivity index (χ0v) is 5.82. The predicted molar refractivity (Wildman–Crippen MR) is 35.0 cm³/mol. The average molecular weight is 124 g/mol.